The Morgan fingerprint density at radius 1 is 1.19 bits per heavy atom. The lowest BCUT2D eigenvalue weighted by atomic mass is 9.83. The third-order valence-corrected chi connectivity index (χ3v) is 4.01. The van der Waals surface area contributed by atoms with Crippen molar-refractivity contribution in [3.05, 3.63) is 0 Å². The second-order valence-corrected chi connectivity index (χ2v) is 6.01. The summed E-state index contributed by atoms with van der Waals surface area (Å²) < 4.78 is 0. The van der Waals surface area contributed by atoms with Gasteiger partial charge >= 0.3 is 0 Å². The molecule has 0 aromatic carbocycles. The van der Waals surface area contributed by atoms with E-state index in [1.54, 1.807) is 0 Å². The number of rotatable bonds is 5. The normalized spacial score (nSPS) is 30.0. The van der Waals surface area contributed by atoms with Crippen LogP contribution in [0.4, 0.5) is 0 Å². The summed E-state index contributed by atoms with van der Waals surface area (Å²) in [5, 5.41) is 12.4. The molecule has 1 rings (SSSR count). The van der Waals surface area contributed by atoms with E-state index in [1.165, 1.54) is 32.1 Å². The van der Waals surface area contributed by atoms with Crippen LogP contribution < -0.4 is 11.1 Å². The van der Waals surface area contributed by atoms with Crippen LogP contribution in [-0.4, -0.2) is 30.3 Å². The molecule has 1 aliphatic rings. The number of hydrogen-bond donors (Lipinski definition) is 3. The highest BCUT2D eigenvalue weighted by Gasteiger charge is 2.33. The molecule has 0 saturated heterocycles. The SMILES string of the molecule is CC1(C)CCCC(CN)(NCCCO)CC1. The van der Waals surface area contributed by atoms with Gasteiger partial charge in [-0.15, -0.1) is 0 Å². The molecule has 0 aromatic heterocycles. The van der Waals surface area contributed by atoms with Gasteiger partial charge in [0.15, 0.2) is 0 Å². The molecule has 0 heterocycles. The van der Waals surface area contributed by atoms with Crippen LogP contribution in [0.5, 0.6) is 0 Å². The third-order valence-electron chi connectivity index (χ3n) is 4.01. The van der Waals surface area contributed by atoms with Crippen LogP contribution in [0.25, 0.3) is 0 Å². The van der Waals surface area contributed by atoms with Gasteiger partial charge in [-0.3, -0.25) is 0 Å². The Morgan fingerprint density at radius 3 is 2.56 bits per heavy atom. The van der Waals surface area contributed by atoms with Crippen molar-refractivity contribution >= 4 is 0 Å². The molecule has 1 fully saturated rings. The first-order valence-electron chi connectivity index (χ1n) is 6.60. The maximum atomic E-state index is 8.82. The molecular weight excluding hydrogens is 200 g/mol. The fourth-order valence-corrected chi connectivity index (χ4v) is 2.62. The molecule has 3 nitrogen and oxygen atoms in total. The first-order valence-corrected chi connectivity index (χ1v) is 6.60. The highest BCUT2D eigenvalue weighted by atomic mass is 16.3. The number of nitrogens with two attached hydrogens (primary N) is 1. The van der Waals surface area contributed by atoms with Gasteiger partial charge in [-0.05, 0) is 44.1 Å². The van der Waals surface area contributed by atoms with Crippen molar-refractivity contribution in [3.63, 3.8) is 0 Å². The zero-order valence-electron chi connectivity index (χ0n) is 10.9. The van der Waals surface area contributed by atoms with Gasteiger partial charge < -0.3 is 16.2 Å². The average Bonchev–Trinajstić information content (AvgIpc) is 2.39. The van der Waals surface area contributed by atoms with Gasteiger partial charge in [0, 0.05) is 18.7 Å². The van der Waals surface area contributed by atoms with Crippen LogP contribution in [0.1, 0.15) is 52.4 Å². The van der Waals surface area contributed by atoms with E-state index in [0.29, 0.717) is 12.0 Å². The predicted molar refractivity (Wildman–Crippen MR) is 68.4 cm³/mol. The number of nitrogens with one attached hydrogen (secondary N) is 1. The van der Waals surface area contributed by atoms with Crippen LogP contribution in [0, 0.1) is 5.41 Å². The quantitative estimate of drug-likeness (QED) is 0.495. The Kier molecular flexibility index (Phi) is 5.22. The van der Waals surface area contributed by atoms with Gasteiger partial charge in [0.25, 0.3) is 0 Å². The van der Waals surface area contributed by atoms with Crippen LogP contribution in [0.15, 0.2) is 0 Å². The molecule has 0 aromatic rings. The van der Waals surface area contributed by atoms with Gasteiger partial charge in [0.1, 0.15) is 0 Å². The van der Waals surface area contributed by atoms with Gasteiger partial charge in [0.2, 0.25) is 0 Å². The van der Waals surface area contributed by atoms with E-state index in [1.807, 2.05) is 0 Å². The topological polar surface area (TPSA) is 58.3 Å². The van der Waals surface area contributed by atoms with E-state index in [2.05, 4.69) is 19.2 Å². The molecule has 1 unspecified atom stereocenters. The lowest BCUT2D eigenvalue weighted by Crippen LogP contribution is -2.51. The zero-order chi connectivity index (χ0) is 12.1. The van der Waals surface area contributed by atoms with Crippen LogP contribution in [0.3, 0.4) is 0 Å². The molecular formula is C13H28N2O. The molecule has 4 N–H and O–H groups in total. The second kappa shape index (κ2) is 5.99. The van der Waals surface area contributed by atoms with E-state index in [9.17, 15) is 0 Å². The minimum Gasteiger partial charge on any atom is -0.396 e. The fourth-order valence-electron chi connectivity index (χ4n) is 2.62. The minimum atomic E-state index is 0.128. The average molecular weight is 228 g/mol. The molecule has 3 heteroatoms. The van der Waals surface area contributed by atoms with Crippen molar-refractivity contribution in [2.45, 2.75) is 57.9 Å². The Morgan fingerprint density at radius 2 is 1.94 bits per heavy atom. The smallest absolute Gasteiger partial charge is 0.0443 e. The summed E-state index contributed by atoms with van der Waals surface area (Å²) in [5.74, 6) is 0. The molecule has 0 amide bonds. The highest BCUT2D eigenvalue weighted by Crippen LogP contribution is 2.37. The Hall–Kier alpha value is -0.120. The van der Waals surface area contributed by atoms with E-state index < -0.39 is 0 Å². The summed E-state index contributed by atoms with van der Waals surface area (Å²) in [6.45, 7) is 6.57. The largest absolute Gasteiger partial charge is 0.396 e. The lowest BCUT2D eigenvalue weighted by molar-refractivity contribution is 0.245. The van der Waals surface area contributed by atoms with Crippen molar-refractivity contribution in [2.24, 2.45) is 11.1 Å². The first-order chi connectivity index (χ1) is 7.54. The second-order valence-electron chi connectivity index (χ2n) is 6.01. The Balaban J connectivity index is 2.51. The monoisotopic (exact) mass is 228 g/mol. The van der Waals surface area contributed by atoms with Gasteiger partial charge in [-0.25, -0.2) is 0 Å². The van der Waals surface area contributed by atoms with Crippen molar-refractivity contribution in [1.82, 2.24) is 5.32 Å². The van der Waals surface area contributed by atoms with E-state index >= 15 is 0 Å². The van der Waals surface area contributed by atoms with Crippen molar-refractivity contribution in [2.75, 3.05) is 19.7 Å². The van der Waals surface area contributed by atoms with Crippen LogP contribution in [0.2, 0.25) is 0 Å². The molecule has 0 bridgehead atoms. The van der Waals surface area contributed by atoms with Gasteiger partial charge in [0.05, 0.1) is 0 Å². The van der Waals surface area contributed by atoms with Gasteiger partial charge in [-0.2, -0.15) is 0 Å². The molecule has 1 saturated carbocycles. The molecule has 16 heavy (non-hydrogen) atoms. The number of aliphatic hydroxyl groups is 1. The molecule has 0 aliphatic heterocycles. The maximum absolute atomic E-state index is 8.82. The number of hydrogen-bond acceptors (Lipinski definition) is 3. The first kappa shape index (κ1) is 13.9. The van der Waals surface area contributed by atoms with Crippen molar-refractivity contribution in [3.8, 4) is 0 Å². The molecule has 0 spiro atoms. The van der Waals surface area contributed by atoms with Gasteiger partial charge in [-0.1, -0.05) is 20.3 Å². The van der Waals surface area contributed by atoms with E-state index in [0.717, 1.165) is 13.0 Å². The summed E-state index contributed by atoms with van der Waals surface area (Å²) in [6, 6.07) is 0. The number of aliphatic hydroxyl groups excluding tert-OH is 1. The third kappa shape index (κ3) is 4.04. The fraction of sp³-hybridized carbons (Fsp3) is 1.00. The highest BCUT2D eigenvalue weighted by molar-refractivity contribution is 4.93. The molecule has 0 radical (unpaired) electrons. The standard InChI is InChI=1S/C13H28N2O/c1-12(2)5-3-6-13(11-14,8-7-12)15-9-4-10-16/h15-16H,3-11,14H2,1-2H3. The van der Waals surface area contributed by atoms with Crippen LogP contribution in [-0.2, 0) is 0 Å². The minimum absolute atomic E-state index is 0.128. The lowest BCUT2D eigenvalue weighted by Gasteiger charge is -2.33. The van der Waals surface area contributed by atoms with E-state index in [-0.39, 0.29) is 12.1 Å². The van der Waals surface area contributed by atoms with E-state index in [4.69, 9.17) is 10.8 Å². The Bertz CT molecular complexity index is 206. The summed E-state index contributed by atoms with van der Waals surface area (Å²) in [6.07, 6.45) is 6.98. The van der Waals surface area contributed by atoms with Crippen molar-refractivity contribution in [1.29, 1.82) is 0 Å². The predicted octanol–water partition coefficient (Wildman–Crippen LogP) is 1.65. The molecule has 1 aliphatic carbocycles. The molecule has 1 atom stereocenters. The zero-order valence-corrected chi connectivity index (χ0v) is 10.9. The van der Waals surface area contributed by atoms with Crippen molar-refractivity contribution < 1.29 is 5.11 Å². The molecule has 96 valence electrons. The summed E-state index contributed by atoms with van der Waals surface area (Å²) in [7, 11) is 0. The summed E-state index contributed by atoms with van der Waals surface area (Å²) in [5.41, 5.74) is 6.55. The van der Waals surface area contributed by atoms with Crippen LogP contribution >= 0.6 is 0 Å². The summed E-state index contributed by atoms with van der Waals surface area (Å²) in [4.78, 5) is 0. The summed E-state index contributed by atoms with van der Waals surface area (Å²) >= 11 is 0. The Labute approximate surface area is 99.8 Å². The maximum Gasteiger partial charge on any atom is 0.0443 e.